The lowest BCUT2D eigenvalue weighted by Gasteiger charge is -2.35. The van der Waals surface area contributed by atoms with E-state index in [9.17, 15) is 0 Å². The van der Waals surface area contributed by atoms with Gasteiger partial charge in [-0.05, 0) is 50.9 Å². The highest BCUT2D eigenvalue weighted by Gasteiger charge is 2.28. The predicted octanol–water partition coefficient (Wildman–Crippen LogP) is 3.70. The summed E-state index contributed by atoms with van der Waals surface area (Å²) in [5.74, 6) is 2.23. The lowest BCUT2D eigenvalue weighted by molar-refractivity contribution is 0.153. The van der Waals surface area contributed by atoms with E-state index >= 15 is 0 Å². The summed E-state index contributed by atoms with van der Waals surface area (Å²) in [7, 11) is 1.92. The SMILES string of the molecule is CNc1cc(C2CCN(C3CCCC3)CC2)nc(-c2ccncc2)n1. The Labute approximate surface area is 149 Å². The quantitative estimate of drug-likeness (QED) is 0.922. The van der Waals surface area contributed by atoms with E-state index in [0.717, 1.165) is 23.2 Å². The third kappa shape index (κ3) is 3.66. The summed E-state index contributed by atoms with van der Waals surface area (Å²) in [5, 5.41) is 3.19. The van der Waals surface area contributed by atoms with Crippen LogP contribution in [0.15, 0.2) is 30.6 Å². The second-order valence-corrected chi connectivity index (χ2v) is 7.24. The minimum atomic E-state index is 0.536. The van der Waals surface area contributed by atoms with E-state index < -0.39 is 0 Å². The number of rotatable bonds is 4. The molecule has 1 aliphatic heterocycles. The molecule has 1 N–H and O–H groups in total. The van der Waals surface area contributed by atoms with Crippen molar-refractivity contribution < 1.29 is 0 Å². The van der Waals surface area contributed by atoms with Gasteiger partial charge in [-0.2, -0.15) is 0 Å². The molecule has 0 aromatic carbocycles. The number of anilines is 1. The Hall–Kier alpha value is -2.01. The van der Waals surface area contributed by atoms with Crippen LogP contribution in [-0.4, -0.2) is 46.0 Å². The predicted molar refractivity (Wildman–Crippen MR) is 101 cm³/mol. The van der Waals surface area contributed by atoms with Gasteiger partial charge in [0.25, 0.3) is 0 Å². The minimum absolute atomic E-state index is 0.536. The van der Waals surface area contributed by atoms with Gasteiger partial charge in [-0.1, -0.05) is 12.8 Å². The number of nitrogens with one attached hydrogen (secondary N) is 1. The van der Waals surface area contributed by atoms with Crippen LogP contribution in [0.3, 0.4) is 0 Å². The molecule has 5 nitrogen and oxygen atoms in total. The number of hydrogen-bond acceptors (Lipinski definition) is 5. The molecule has 0 spiro atoms. The summed E-state index contributed by atoms with van der Waals surface area (Å²) in [6, 6.07) is 6.91. The lowest BCUT2D eigenvalue weighted by Crippen LogP contribution is -2.39. The summed E-state index contributed by atoms with van der Waals surface area (Å²) in [6.45, 7) is 2.41. The molecule has 2 fully saturated rings. The van der Waals surface area contributed by atoms with E-state index in [1.165, 1.54) is 57.3 Å². The molecule has 5 heteroatoms. The van der Waals surface area contributed by atoms with Gasteiger partial charge < -0.3 is 10.2 Å². The Morgan fingerprint density at radius 3 is 2.40 bits per heavy atom. The Kier molecular flexibility index (Phi) is 4.92. The monoisotopic (exact) mass is 337 g/mol. The van der Waals surface area contributed by atoms with Crippen LogP contribution in [0.4, 0.5) is 5.82 Å². The van der Waals surface area contributed by atoms with Gasteiger partial charge in [-0.3, -0.25) is 4.98 Å². The average molecular weight is 337 g/mol. The molecule has 3 heterocycles. The molecule has 2 aromatic heterocycles. The molecule has 132 valence electrons. The van der Waals surface area contributed by atoms with E-state index in [2.05, 4.69) is 26.3 Å². The van der Waals surface area contributed by atoms with Crippen molar-refractivity contribution in [1.82, 2.24) is 19.9 Å². The number of pyridine rings is 1. The van der Waals surface area contributed by atoms with Crippen molar-refractivity contribution in [2.75, 3.05) is 25.5 Å². The summed E-state index contributed by atoms with van der Waals surface area (Å²) >= 11 is 0. The Morgan fingerprint density at radius 1 is 1.00 bits per heavy atom. The number of hydrogen-bond donors (Lipinski definition) is 1. The Morgan fingerprint density at radius 2 is 1.72 bits per heavy atom. The van der Waals surface area contributed by atoms with Crippen LogP contribution in [0.1, 0.15) is 50.1 Å². The maximum atomic E-state index is 4.90. The molecule has 0 atom stereocenters. The van der Waals surface area contributed by atoms with E-state index in [1.807, 2.05) is 19.2 Å². The Bertz CT molecular complexity index is 688. The van der Waals surface area contributed by atoms with Crippen LogP contribution in [-0.2, 0) is 0 Å². The van der Waals surface area contributed by atoms with Crippen molar-refractivity contribution in [2.45, 2.75) is 50.5 Å². The number of likely N-dealkylation sites (tertiary alicyclic amines) is 1. The minimum Gasteiger partial charge on any atom is -0.373 e. The van der Waals surface area contributed by atoms with Gasteiger partial charge in [0.05, 0.1) is 0 Å². The van der Waals surface area contributed by atoms with Gasteiger partial charge in [0.1, 0.15) is 5.82 Å². The first-order valence-electron chi connectivity index (χ1n) is 9.54. The molecule has 2 aliphatic rings. The number of piperidine rings is 1. The summed E-state index contributed by atoms with van der Waals surface area (Å²) in [5.41, 5.74) is 2.20. The second kappa shape index (κ2) is 7.48. The molecule has 0 radical (unpaired) electrons. The zero-order valence-electron chi connectivity index (χ0n) is 15.0. The summed E-state index contributed by atoms with van der Waals surface area (Å²) < 4.78 is 0. The molecule has 0 unspecified atom stereocenters. The number of nitrogens with zero attached hydrogens (tertiary/aromatic N) is 4. The van der Waals surface area contributed by atoms with Crippen molar-refractivity contribution in [3.63, 3.8) is 0 Å². The fourth-order valence-corrected chi connectivity index (χ4v) is 4.26. The molecule has 4 rings (SSSR count). The molecule has 1 saturated carbocycles. The standard InChI is InChI=1S/C20H27N5/c1-21-19-14-18(23-20(24-19)16-6-10-22-11-7-16)15-8-12-25(13-9-15)17-4-2-3-5-17/h6-7,10-11,14-15,17H,2-5,8-9,12-13H2,1H3,(H,21,23,24). The van der Waals surface area contributed by atoms with Crippen LogP contribution in [0.25, 0.3) is 11.4 Å². The first kappa shape index (κ1) is 16.5. The molecular formula is C20H27N5. The third-order valence-corrected chi connectivity index (χ3v) is 5.73. The highest BCUT2D eigenvalue weighted by atomic mass is 15.2. The smallest absolute Gasteiger partial charge is 0.161 e. The normalized spacial score (nSPS) is 20.0. The van der Waals surface area contributed by atoms with E-state index in [1.54, 1.807) is 12.4 Å². The average Bonchev–Trinajstić information content (AvgIpc) is 3.23. The summed E-state index contributed by atoms with van der Waals surface area (Å²) in [6.07, 6.45) is 11.6. The van der Waals surface area contributed by atoms with E-state index in [4.69, 9.17) is 4.98 Å². The first-order chi connectivity index (χ1) is 12.3. The van der Waals surface area contributed by atoms with Crippen LogP contribution in [0.5, 0.6) is 0 Å². The van der Waals surface area contributed by atoms with Crippen molar-refractivity contribution in [3.05, 3.63) is 36.3 Å². The van der Waals surface area contributed by atoms with Crippen molar-refractivity contribution in [1.29, 1.82) is 0 Å². The molecule has 2 aromatic rings. The van der Waals surface area contributed by atoms with Crippen LogP contribution < -0.4 is 5.32 Å². The van der Waals surface area contributed by atoms with E-state index in [0.29, 0.717) is 5.92 Å². The molecule has 1 saturated heterocycles. The highest BCUT2D eigenvalue weighted by Crippen LogP contribution is 2.33. The van der Waals surface area contributed by atoms with Crippen molar-refractivity contribution >= 4 is 5.82 Å². The van der Waals surface area contributed by atoms with Crippen LogP contribution >= 0.6 is 0 Å². The van der Waals surface area contributed by atoms with Gasteiger partial charge in [-0.15, -0.1) is 0 Å². The van der Waals surface area contributed by atoms with Gasteiger partial charge in [0, 0.05) is 48.7 Å². The second-order valence-electron chi connectivity index (χ2n) is 7.24. The zero-order chi connectivity index (χ0) is 17.1. The van der Waals surface area contributed by atoms with Gasteiger partial charge in [0.15, 0.2) is 5.82 Å². The molecule has 25 heavy (non-hydrogen) atoms. The topological polar surface area (TPSA) is 53.9 Å². The summed E-state index contributed by atoms with van der Waals surface area (Å²) in [4.78, 5) is 16.3. The Balaban J connectivity index is 1.52. The fraction of sp³-hybridized carbons (Fsp3) is 0.550. The number of aromatic nitrogens is 3. The van der Waals surface area contributed by atoms with Crippen LogP contribution in [0, 0.1) is 0 Å². The molecule has 1 aliphatic carbocycles. The first-order valence-corrected chi connectivity index (χ1v) is 9.54. The zero-order valence-corrected chi connectivity index (χ0v) is 15.0. The maximum absolute atomic E-state index is 4.90. The van der Waals surface area contributed by atoms with E-state index in [-0.39, 0.29) is 0 Å². The maximum Gasteiger partial charge on any atom is 0.161 e. The van der Waals surface area contributed by atoms with Crippen molar-refractivity contribution in [3.8, 4) is 11.4 Å². The lowest BCUT2D eigenvalue weighted by atomic mass is 9.92. The van der Waals surface area contributed by atoms with Crippen LogP contribution in [0.2, 0.25) is 0 Å². The largest absolute Gasteiger partial charge is 0.373 e. The van der Waals surface area contributed by atoms with Gasteiger partial charge in [-0.25, -0.2) is 9.97 Å². The van der Waals surface area contributed by atoms with Gasteiger partial charge in [0.2, 0.25) is 0 Å². The van der Waals surface area contributed by atoms with Gasteiger partial charge >= 0.3 is 0 Å². The fourth-order valence-electron chi connectivity index (χ4n) is 4.26. The molecular weight excluding hydrogens is 310 g/mol. The third-order valence-electron chi connectivity index (χ3n) is 5.73. The highest BCUT2D eigenvalue weighted by molar-refractivity contribution is 5.56. The molecule has 0 amide bonds. The van der Waals surface area contributed by atoms with Crippen molar-refractivity contribution in [2.24, 2.45) is 0 Å². The molecule has 0 bridgehead atoms.